The van der Waals surface area contributed by atoms with Crippen LogP contribution in [0.4, 0.5) is 4.39 Å². The van der Waals surface area contributed by atoms with E-state index in [-0.39, 0.29) is 43.0 Å². The van der Waals surface area contributed by atoms with Crippen molar-refractivity contribution in [1.82, 2.24) is 29.8 Å². The van der Waals surface area contributed by atoms with E-state index in [0.717, 1.165) is 47.2 Å². The van der Waals surface area contributed by atoms with Crippen LogP contribution in [0.2, 0.25) is 0 Å². The molecular weight excluding hydrogens is 967 g/mol. The summed E-state index contributed by atoms with van der Waals surface area (Å²) in [6, 6.07) is 28.2. The Kier molecular flexibility index (Phi) is 18.1. The third kappa shape index (κ3) is 12.7. The number of halogens is 3. The summed E-state index contributed by atoms with van der Waals surface area (Å²) in [6.07, 6.45) is -0.531. The summed E-state index contributed by atoms with van der Waals surface area (Å²) < 4.78 is 22.0. The minimum Gasteiger partial charge on any atom is -0.494 e. The maximum absolute atomic E-state index is 14.8. The molecule has 0 saturated carbocycles. The summed E-state index contributed by atoms with van der Waals surface area (Å²) in [5.74, 6) is 3.79. The molecule has 4 aromatic carbocycles. The number of fused-ring (bicyclic) bond motifs is 1. The van der Waals surface area contributed by atoms with Crippen LogP contribution in [0.5, 0.6) is 5.75 Å². The Balaban J connectivity index is 0.000000217. The highest BCUT2D eigenvalue weighted by Gasteiger charge is 2.49. The van der Waals surface area contributed by atoms with Crippen molar-refractivity contribution in [3.8, 4) is 17.6 Å². The summed E-state index contributed by atoms with van der Waals surface area (Å²) in [7, 11) is 1.34. The maximum Gasteiger partial charge on any atom is 0.257 e. The lowest BCUT2D eigenvalue weighted by Gasteiger charge is -2.37. The number of ether oxygens (including phenoxy) is 1. The molecule has 66 heavy (non-hydrogen) atoms. The molecule has 3 saturated heterocycles. The Labute approximate surface area is 406 Å². The van der Waals surface area contributed by atoms with Crippen molar-refractivity contribution in [2.75, 3.05) is 79.1 Å². The Morgan fingerprint density at radius 3 is 1.65 bits per heavy atom. The zero-order valence-electron chi connectivity index (χ0n) is 39.0. The average Bonchev–Trinajstić information content (AvgIpc) is 3.81. The highest BCUT2D eigenvalue weighted by molar-refractivity contribution is 9.10. The van der Waals surface area contributed by atoms with Gasteiger partial charge >= 0.3 is 0 Å². The largest absolute Gasteiger partial charge is 0.494 e. The van der Waals surface area contributed by atoms with Crippen LogP contribution in [0, 0.1) is 23.1 Å². The minimum atomic E-state index is -1.42. The Morgan fingerprint density at radius 2 is 1.21 bits per heavy atom. The Hall–Kier alpha value is -4.46. The van der Waals surface area contributed by atoms with Gasteiger partial charge in [0.25, 0.3) is 5.91 Å². The van der Waals surface area contributed by atoms with Gasteiger partial charge in [-0.2, -0.15) is 0 Å². The van der Waals surface area contributed by atoms with Crippen molar-refractivity contribution < 1.29 is 28.6 Å². The summed E-state index contributed by atoms with van der Waals surface area (Å²) >= 11 is 6.80. The number of amides is 3. The number of hydrogen-bond acceptors (Lipinski definition) is 9. The molecular formula is C52H63Br2FN6O5. The number of likely N-dealkylation sites (N-methyl/N-ethyl adjacent to an activating group) is 2. The highest BCUT2D eigenvalue weighted by atomic mass is 79.9. The van der Waals surface area contributed by atoms with Crippen LogP contribution >= 0.6 is 31.9 Å². The average molecular weight is 1030 g/mol. The van der Waals surface area contributed by atoms with E-state index in [1.54, 1.807) is 13.0 Å². The summed E-state index contributed by atoms with van der Waals surface area (Å²) in [5.41, 5.74) is 3.28. The molecule has 0 aromatic heterocycles. The van der Waals surface area contributed by atoms with Gasteiger partial charge in [0.15, 0.2) is 11.6 Å². The quantitative estimate of drug-likeness (QED) is 0.120. The third-order valence-corrected chi connectivity index (χ3v) is 14.3. The van der Waals surface area contributed by atoms with Gasteiger partial charge in [-0.05, 0) is 98.6 Å². The number of hydrogen-bond donors (Lipinski definition) is 2. The number of nitrogens with zero attached hydrogens (tertiary/aromatic N) is 5. The molecule has 0 spiro atoms. The second kappa shape index (κ2) is 23.5. The van der Waals surface area contributed by atoms with Crippen molar-refractivity contribution in [1.29, 1.82) is 0 Å². The first kappa shape index (κ1) is 50.9. The van der Waals surface area contributed by atoms with E-state index < -0.39 is 29.0 Å². The van der Waals surface area contributed by atoms with E-state index in [1.165, 1.54) is 61.9 Å². The van der Waals surface area contributed by atoms with Crippen molar-refractivity contribution >= 4 is 49.6 Å². The summed E-state index contributed by atoms with van der Waals surface area (Å²) in [5, 5.41) is 11.4. The topological polar surface area (TPSA) is 109 Å². The molecule has 4 aliphatic heterocycles. The highest BCUT2D eigenvalue weighted by Crippen LogP contribution is 2.36. The van der Waals surface area contributed by atoms with Gasteiger partial charge in [-0.25, -0.2) is 4.39 Å². The monoisotopic (exact) mass is 1030 g/mol. The molecule has 0 bridgehead atoms. The zero-order chi connectivity index (χ0) is 47.5. The lowest BCUT2D eigenvalue weighted by molar-refractivity contribution is -0.127. The van der Waals surface area contributed by atoms with Gasteiger partial charge in [-0.1, -0.05) is 100 Å². The predicted octanol–water partition coefficient (Wildman–Crippen LogP) is 8.22. The van der Waals surface area contributed by atoms with Gasteiger partial charge in [0.2, 0.25) is 11.8 Å². The number of nitrogens with one attached hydrogen (secondary N) is 1. The van der Waals surface area contributed by atoms with Crippen LogP contribution < -0.4 is 10.1 Å². The van der Waals surface area contributed by atoms with Crippen molar-refractivity contribution in [3.05, 3.63) is 133 Å². The number of aliphatic hydroxyl groups is 1. The van der Waals surface area contributed by atoms with Crippen molar-refractivity contribution in [2.24, 2.45) is 5.41 Å². The Morgan fingerprint density at radius 1 is 0.727 bits per heavy atom. The lowest BCUT2D eigenvalue weighted by Crippen LogP contribution is -2.46. The second-order valence-corrected chi connectivity index (χ2v) is 19.2. The van der Waals surface area contributed by atoms with E-state index in [0.29, 0.717) is 17.2 Å². The van der Waals surface area contributed by atoms with Crippen LogP contribution in [-0.2, 0) is 16.1 Å². The van der Waals surface area contributed by atoms with Crippen LogP contribution in [0.15, 0.2) is 93.9 Å². The number of rotatable bonds is 10. The molecule has 0 radical (unpaired) electrons. The van der Waals surface area contributed by atoms with Gasteiger partial charge in [0, 0.05) is 92.0 Å². The molecule has 2 N–H and O–H groups in total. The molecule has 3 fully saturated rings. The van der Waals surface area contributed by atoms with E-state index in [2.05, 4.69) is 121 Å². The predicted molar refractivity (Wildman–Crippen MR) is 264 cm³/mol. The van der Waals surface area contributed by atoms with Crippen molar-refractivity contribution in [2.45, 2.75) is 65.8 Å². The van der Waals surface area contributed by atoms with E-state index >= 15 is 0 Å². The van der Waals surface area contributed by atoms with Crippen LogP contribution in [0.3, 0.4) is 0 Å². The fourth-order valence-electron chi connectivity index (χ4n) is 8.79. The van der Waals surface area contributed by atoms with E-state index in [4.69, 9.17) is 9.84 Å². The van der Waals surface area contributed by atoms with Gasteiger partial charge in [0.05, 0.1) is 25.2 Å². The van der Waals surface area contributed by atoms with E-state index in [1.807, 2.05) is 48.5 Å². The number of imide groups is 1. The van der Waals surface area contributed by atoms with E-state index in [9.17, 15) is 18.8 Å². The summed E-state index contributed by atoms with van der Waals surface area (Å²) in [4.78, 5) is 49.7. The van der Waals surface area contributed by atoms with Crippen LogP contribution in [0.25, 0.3) is 0 Å². The fourth-order valence-corrected chi connectivity index (χ4v) is 9.32. The molecule has 3 amide bonds. The number of piperazine rings is 2. The smallest absolute Gasteiger partial charge is 0.257 e. The minimum absolute atomic E-state index is 0.0202. The molecule has 8 rings (SSSR count). The molecule has 14 heteroatoms. The molecule has 11 nitrogen and oxygen atoms in total. The lowest BCUT2D eigenvalue weighted by atomic mass is 9.85. The second-order valence-electron chi connectivity index (χ2n) is 17.4. The maximum atomic E-state index is 14.8. The number of carbonyl (C=O) groups is 3. The first-order valence-electron chi connectivity index (χ1n) is 22.9. The van der Waals surface area contributed by atoms with Gasteiger partial charge in [0.1, 0.15) is 5.41 Å². The molecule has 4 atom stereocenters. The number of methoxy groups -OCH3 is 1. The number of carbonyl (C=O) groups excluding carboxylic acids is 3. The van der Waals surface area contributed by atoms with Gasteiger partial charge < -0.3 is 24.5 Å². The number of benzene rings is 4. The zero-order valence-corrected chi connectivity index (χ0v) is 42.1. The first-order chi connectivity index (χ1) is 31.6. The molecule has 3 unspecified atom stereocenters. The van der Waals surface area contributed by atoms with Crippen LogP contribution in [-0.4, -0.2) is 126 Å². The number of aliphatic hydroxyl groups excluding tert-OH is 1. The molecule has 352 valence electrons. The third-order valence-electron chi connectivity index (χ3n) is 13.2. The molecule has 4 aromatic rings. The van der Waals surface area contributed by atoms with Gasteiger partial charge in [-0.3, -0.25) is 29.5 Å². The van der Waals surface area contributed by atoms with Crippen LogP contribution in [0.1, 0.15) is 97.4 Å². The van der Waals surface area contributed by atoms with Gasteiger partial charge in [-0.15, -0.1) is 0 Å². The van der Waals surface area contributed by atoms with Crippen molar-refractivity contribution in [3.63, 3.8) is 0 Å². The first-order valence-corrected chi connectivity index (χ1v) is 24.5. The summed E-state index contributed by atoms with van der Waals surface area (Å²) in [6.45, 7) is 21.9. The molecule has 4 aliphatic rings. The Bertz CT molecular complexity index is 2340. The molecule has 0 aliphatic carbocycles. The molecule has 4 heterocycles. The normalized spacial score (nSPS) is 20.5. The SMILES string of the molecule is CC(O)c1ccc(Br)cc1.CCN1CCN(C(C)c2ccc(Br)cc2)CC1.CCN1CCN(C(C)c2ccc(C#C[C@]3(CN4Cc5ccc(OC)c(F)c5C4=O)CC(=O)NC3=O)cc2)CC1. The standard InChI is InChI=1S/C30H33FN4O4.C14H21BrN2.C8H9BrO/c1-4-33-13-15-34(16-14-33)20(2)22-7-5-21(6-8-22)11-12-30(17-25(36)32-29(30)38)19-35-18-23-9-10-24(39-3)27(31)26(23)28(35)37;1-3-16-8-10-17(11-9-16)12(2)13-4-6-14(15)7-5-13;1-6(10)7-2-4-8(9)5-3-7/h5-10,20H,4,13-19H2,1-3H3,(H,32,36,38);4-7,12H,3,8-11H2,1-2H3;2-6,10H,1H3/t20?,30-;;/m1../s1. The fraction of sp³-hybridized carbons (Fsp3) is 0.442.